The van der Waals surface area contributed by atoms with Crippen LogP contribution in [0.3, 0.4) is 0 Å². The van der Waals surface area contributed by atoms with Gasteiger partial charge in [0, 0.05) is 31.3 Å². The van der Waals surface area contributed by atoms with Crippen LogP contribution in [0.4, 0.5) is 0 Å². The summed E-state index contributed by atoms with van der Waals surface area (Å²) in [6.07, 6.45) is 2.09. The average molecular weight is 287 g/mol. The van der Waals surface area contributed by atoms with Crippen molar-refractivity contribution in [2.75, 3.05) is 26.8 Å². The molecule has 2 rings (SSSR count). The van der Waals surface area contributed by atoms with Gasteiger partial charge in [-0.05, 0) is 43.5 Å². The fourth-order valence-electron chi connectivity index (χ4n) is 2.62. The molecular formula is C17H21NO3. The third kappa shape index (κ3) is 4.07. The maximum Gasteiger partial charge on any atom is 0.253 e. The lowest BCUT2D eigenvalue weighted by Gasteiger charge is -2.32. The van der Waals surface area contributed by atoms with Gasteiger partial charge in [0.05, 0.1) is 6.10 Å². The predicted octanol–water partition coefficient (Wildman–Crippen LogP) is 1.59. The summed E-state index contributed by atoms with van der Waals surface area (Å²) in [5.41, 5.74) is 2.39. The lowest BCUT2D eigenvalue weighted by molar-refractivity contribution is 0.0269. The molecule has 112 valence electrons. The zero-order valence-electron chi connectivity index (χ0n) is 12.6. The van der Waals surface area contributed by atoms with Crippen molar-refractivity contribution in [3.05, 3.63) is 34.9 Å². The number of likely N-dealkylation sites (tertiary alicyclic amines) is 1. The highest BCUT2D eigenvalue weighted by Crippen LogP contribution is 2.17. The van der Waals surface area contributed by atoms with Gasteiger partial charge in [-0.25, -0.2) is 0 Å². The first-order valence-corrected chi connectivity index (χ1v) is 7.17. The minimum Gasteiger partial charge on any atom is -0.384 e. The number of ether oxygens (including phenoxy) is 1. The lowest BCUT2D eigenvalue weighted by atomic mass is 10.0. The van der Waals surface area contributed by atoms with Crippen molar-refractivity contribution in [2.45, 2.75) is 25.9 Å². The van der Waals surface area contributed by atoms with Gasteiger partial charge in [0.15, 0.2) is 0 Å². The molecule has 1 N–H and O–H groups in total. The van der Waals surface area contributed by atoms with E-state index in [2.05, 4.69) is 11.8 Å². The monoisotopic (exact) mass is 287 g/mol. The third-order valence-corrected chi connectivity index (χ3v) is 3.63. The van der Waals surface area contributed by atoms with E-state index in [0.717, 1.165) is 30.5 Å². The maximum absolute atomic E-state index is 12.6. The van der Waals surface area contributed by atoms with Crippen molar-refractivity contribution in [3.8, 4) is 11.8 Å². The van der Waals surface area contributed by atoms with Gasteiger partial charge in [-0.3, -0.25) is 4.79 Å². The van der Waals surface area contributed by atoms with Gasteiger partial charge in [0.1, 0.15) is 6.61 Å². The van der Waals surface area contributed by atoms with E-state index in [9.17, 15) is 4.79 Å². The number of benzene rings is 1. The van der Waals surface area contributed by atoms with Crippen LogP contribution >= 0.6 is 0 Å². The molecule has 0 aliphatic carbocycles. The lowest BCUT2D eigenvalue weighted by Crippen LogP contribution is -2.42. The standard InChI is InChI=1S/C17H21NO3/c1-13-9-14(5-4-8-19)11-15(10-13)17(20)18-7-3-6-16(12-18)21-2/h9-11,16,19H,3,6-8,12H2,1-2H3. The van der Waals surface area contributed by atoms with E-state index < -0.39 is 0 Å². The number of aryl methyl sites for hydroxylation is 1. The van der Waals surface area contributed by atoms with E-state index >= 15 is 0 Å². The normalized spacial score (nSPS) is 18.0. The molecule has 1 aromatic rings. The molecule has 1 saturated heterocycles. The van der Waals surface area contributed by atoms with Crippen LogP contribution in [0.1, 0.15) is 34.3 Å². The Morgan fingerprint density at radius 3 is 3.00 bits per heavy atom. The van der Waals surface area contributed by atoms with E-state index in [0.29, 0.717) is 12.1 Å². The molecule has 0 saturated carbocycles. The molecule has 4 heteroatoms. The molecule has 1 aliphatic heterocycles. The summed E-state index contributed by atoms with van der Waals surface area (Å²) in [6, 6.07) is 5.57. The summed E-state index contributed by atoms with van der Waals surface area (Å²) in [5, 5.41) is 8.77. The van der Waals surface area contributed by atoms with Crippen LogP contribution in [0.25, 0.3) is 0 Å². The Labute approximate surface area is 125 Å². The van der Waals surface area contributed by atoms with Crippen molar-refractivity contribution in [3.63, 3.8) is 0 Å². The largest absolute Gasteiger partial charge is 0.384 e. The number of aliphatic hydroxyl groups excluding tert-OH is 1. The fourth-order valence-corrected chi connectivity index (χ4v) is 2.62. The smallest absolute Gasteiger partial charge is 0.253 e. The molecule has 1 aliphatic rings. The van der Waals surface area contributed by atoms with Crippen LogP contribution in [-0.2, 0) is 4.74 Å². The zero-order valence-corrected chi connectivity index (χ0v) is 12.6. The van der Waals surface area contributed by atoms with Crippen molar-refractivity contribution in [1.29, 1.82) is 0 Å². The Morgan fingerprint density at radius 1 is 1.48 bits per heavy atom. The van der Waals surface area contributed by atoms with Gasteiger partial charge in [-0.2, -0.15) is 0 Å². The van der Waals surface area contributed by atoms with E-state index in [-0.39, 0.29) is 18.6 Å². The van der Waals surface area contributed by atoms with Gasteiger partial charge in [-0.15, -0.1) is 0 Å². The second-order valence-electron chi connectivity index (χ2n) is 5.30. The van der Waals surface area contributed by atoms with Gasteiger partial charge in [0.25, 0.3) is 5.91 Å². The van der Waals surface area contributed by atoms with Crippen LogP contribution in [0.5, 0.6) is 0 Å². The quantitative estimate of drug-likeness (QED) is 0.840. The number of hydrogen-bond donors (Lipinski definition) is 1. The first kappa shape index (κ1) is 15.6. The Bertz CT molecular complexity index is 571. The highest BCUT2D eigenvalue weighted by atomic mass is 16.5. The molecule has 1 aromatic carbocycles. The number of nitrogens with zero attached hydrogens (tertiary/aromatic N) is 1. The van der Waals surface area contributed by atoms with Gasteiger partial charge in [0.2, 0.25) is 0 Å². The van der Waals surface area contributed by atoms with Gasteiger partial charge >= 0.3 is 0 Å². The maximum atomic E-state index is 12.6. The number of carbonyl (C=O) groups excluding carboxylic acids is 1. The molecule has 4 nitrogen and oxygen atoms in total. The molecule has 0 aromatic heterocycles. The topological polar surface area (TPSA) is 49.8 Å². The highest BCUT2D eigenvalue weighted by molar-refractivity contribution is 5.95. The number of rotatable bonds is 2. The summed E-state index contributed by atoms with van der Waals surface area (Å²) < 4.78 is 5.36. The second kappa shape index (κ2) is 7.26. The second-order valence-corrected chi connectivity index (χ2v) is 5.30. The highest BCUT2D eigenvalue weighted by Gasteiger charge is 2.24. The molecule has 0 radical (unpaired) electrons. The molecule has 1 unspecified atom stereocenters. The summed E-state index contributed by atoms with van der Waals surface area (Å²) in [4.78, 5) is 14.5. The molecule has 1 amide bonds. The Hall–Kier alpha value is -1.83. The molecule has 0 spiro atoms. The van der Waals surface area contributed by atoms with E-state index in [1.165, 1.54) is 0 Å². The number of carbonyl (C=O) groups is 1. The van der Waals surface area contributed by atoms with E-state index in [4.69, 9.17) is 9.84 Å². The average Bonchev–Trinajstić information content (AvgIpc) is 2.51. The van der Waals surface area contributed by atoms with Crippen LogP contribution < -0.4 is 0 Å². The van der Waals surface area contributed by atoms with Crippen LogP contribution in [0.2, 0.25) is 0 Å². The summed E-state index contributed by atoms with van der Waals surface area (Å²) in [5.74, 6) is 5.49. The minimum atomic E-state index is -0.182. The molecule has 1 heterocycles. The number of piperidine rings is 1. The van der Waals surface area contributed by atoms with Crippen LogP contribution in [0.15, 0.2) is 18.2 Å². The van der Waals surface area contributed by atoms with Crippen LogP contribution in [-0.4, -0.2) is 48.8 Å². The molecule has 21 heavy (non-hydrogen) atoms. The number of aliphatic hydroxyl groups is 1. The molecule has 1 fully saturated rings. The van der Waals surface area contributed by atoms with Crippen molar-refractivity contribution in [1.82, 2.24) is 4.90 Å². The summed E-state index contributed by atoms with van der Waals surface area (Å²) in [6.45, 7) is 3.17. The summed E-state index contributed by atoms with van der Waals surface area (Å²) in [7, 11) is 1.69. The van der Waals surface area contributed by atoms with Crippen molar-refractivity contribution >= 4 is 5.91 Å². The molecule has 0 bridgehead atoms. The number of hydrogen-bond acceptors (Lipinski definition) is 3. The zero-order chi connectivity index (χ0) is 15.2. The Kier molecular flexibility index (Phi) is 5.38. The molecular weight excluding hydrogens is 266 g/mol. The third-order valence-electron chi connectivity index (χ3n) is 3.63. The number of amides is 1. The fraction of sp³-hybridized carbons (Fsp3) is 0.471. The van der Waals surface area contributed by atoms with Crippen LogP contribution in [0, 0.1) is 18.8 Å². The first-order chi connectivity index (χ1) is 10.1. The first-order valence-electron chi connectivity index (χ1n) is 7.17. The Balaban J connectivity index is 2.20. The SMILES string of the molecule is COC1CCCN(C(=O)c2cc(C)cc(C#CCO)c2)C1. The predicted molar refractivity (Wildman–Crippen MR) is 81.1 cm³/mol. The van der Waals surface area contributed by atoms with E-state index in [1.54, 1.807) is 13.2 Å². The summed E-state index contributed by atoms with van der Waals surface area (Å²) >= 11 is 0. The molecule has 1 atom stereocenters. The minimum absolute atomic E-state index is 0.0208. The Morgan fingerprint density at radius 2 is 2.29 bits per heavy atom. The van der Waals surface area contributed by atoms with Gasteiger partial charge in [-0.1, -0.05) is 11.8 Å². The number of methoxy groups -OCH3 is 1. The van der Waals surface area contributed by atoms with Gasteiger partial charge < -0.3 is 14.7 Å². The van der Waals surface area contributed by atoms with E-state index in [1.807, 2.05) is 24.0 Å². The van der Waals surface area contributed by atoms with Crippen molar-refractivity contribution < 1.29 is 14.6 Å². The van der Waals surface area contributed by atoms with Crippen molar-refractivity contribution in [2.24, 2.45) is 0 Å².